The van der Waals surface area contributed by atoms with Gasteiger partial charge < -0.3 is 54.7 Å². The van der Waals surface area contributed by atoms with Crippen LogP contribution in [0.15, 0.2) is 48.5 Å². The molecular formula is C53H89N11O4. The maximum absolute atomic E-state index is 12.2. The lowest BCUT2D eigenvalue weighted by atomic mass is 10.1. The van der Waals surface area contributed by atoms with E-state index in [0.29, 0.717) is 5.69 Å². The molecule has 0 spiro atoms. The number of amides is 1. The minimum Gasteiger partial charge on any atom is -0.494 e. The molecule has 2 aromatic carbocycles. The molecule has 0 radical (unpaired) electrons. The van der Waals surface area contributed by atoms with Crippen LogP contribution in [0.25, 0.3) is 4.85 Å². The number of ether oxygens (including phenoxy) is 3. The highest BCUT2D eigenvalue weighted by molar-refractivity contribution is 5.94. The lowest BCUT2D eigenvalue weighted by Crippen LogP contribution is -2.50. The second-order valence-corrected chi connectivity index (χ2v) is 20.0. The van der Waals surface area contributed by atoms with E-state index in [4.69, 9.17) is 31.9 Å². The van der Waals surface area contributed by atoms with Crippen molar-refractivity contribution in [1.82, 2.24) is 39.6 Å². The zero-order chi connectivity index (χ0) is 48.2. The molecule has 4 heterocycles. The van der Waals surface area contributed by atoms with Gasteiger partial charge in [-0.3, -0.25) is 10.3 Å². The predicted molar refractivity (Wildman–Crippen MR) is 277 cm³/mol. The van der Waals surface area contributed by atoms with Gasteiger partial charge in [0.25, 0.3) is 0 Å². The van der Waals surface area contributed by atoms with E-state index < -0.39 is 5.60 Å². The number of carbonyl (C=O) groups excluding carboxylic acids is 1. The molecule has 68 heavy (non-hydrogen) atoms. The average molecular weight is 944 g/mol. The molecule has 0 unspecified atom stereocenters. The lowest BCUT2D eigenvalue weighted by Gasteiger charge is -2.35. The number of unbranched alkanes of at least 4 members (excludes halogenated alkanes) is 6. The summed E-state index contributed by atoms with van der Waals surface area (Å²) in [6.07, 6.45) is 12.5. The van der Waals surface area contributed by atoms with E-state index >= 15 is 0 Å². The molecule has 4 aliphatic rings. The molecule has 15 heteroatoms. The number of piperazine rings is 4. The Morgan fingerprint density at radius 2 is 0.912 bits per heavy atom. The highest BCUT2D eigenvalue weighted by Gasteiger charge is 2.26. The Labute approximate surface area is 410 Å². The van der Waals surface area contributed by atoms with E-state index in [1.54, 1.807) is 12.1 Å². The molecule has 6 rings (SSSR count). The minimum absolute atomic E-state index is 0.0940. The Hall–Kier alpha value is -4.01. The molecule has 0 saturated carbocycles. The van der Waals surface area contributed by atoms with Crippen molar-refractivity contribution in [3.63, 3.8) is 0 Å². The fraction of sp³-hybridized carbons (Fsp3) is 0.717. The molecule has 0 aliphatic carbocycles. The third-order valence-electron chi connectivity index (χ3n) is 13.5. The molecule has 1 amide bonds. The van der Waals surface area contributed by atoms with Gasteiger partial charge in [-0.05, 0) is 122 Å². The molecule has 2 aromatic rings. The standard InChI is InChI=1S/C29H47N5O3.C24H42N6O/c1-29(2,3)37-28(35)34-23-21-32(22-24-34)15-8-6-5-7-14-31-17-19-33(20-18-31)16-9-25-36-27-12-10-26(30-4)11-13-27;25-24(26)22-6-8-23(9-7-22)31-21-5-14-30-19-17-29(18-20-30)13-4-2-1-3-12-28-15-10-27-11-16-28/h10-13H,5-9,14-25H2,1-3H3;6-9,27H,1-5,10-21H2,(H3,25,26). The maximum atomic E-state index is 12.2. The molecule has 0 bridgehead atoms. The topological polar surface area (TPSA) is 134 Å². The molecule has 15 nitrogen and oxygen atoms in total. The summed E-state index contributed by atoms with van der Waals surface area (Å²) in [4.78, 5) is 32.9. The van der Waals surface area contributed by atoms with Gasteiger partial charge in [0.2, 0.25) is 0 Å². The van der Waals surface area contributed by atoms with Gasteiger partial charge in [-0.25, -0.2) is 9.64 Å². The highest BCUT2D eigenvalue weighted by Crippen LogP contribution is 2.19. The first kappa shape index (κ1) is 54.9. The van der Waals surface area contributed by atoms with E-state index in [0.717, 1.165) is 115 Å². The van der Waals surface area contributed by atoms with Gasteiger partial charge in [0.05, 0.1) is 19.8 Å². The fourth-order valence-electron chi connectivity index (χ4n) is 9.24. The van der Waals surface area contributed by atoms with Crippen molar-refractivity contribution >= 4 is 17.6 Å². The van der Waals surface area contributed by atoms with Gasteiger partial charge in [0.1, 0.15) is 22.9 Å². The Balaban J connectivity index is 0.000000258. The van der Waals surface area contributed by atoms with Gasteiger partial charge in [0, 0.05) is 123 Å². The SMILES string of the molecule is N=C(N)c1ccc(OCCCN2CCN(CCCCCCN3CCNCC3)CC2)cc1.[C-]#[N+]c1ccc(OCCCN2CCN(CCCCCCN3CCN(C(=O)OC(C)(C)C)CC3)CC2)cc1. The van der Waals surface area contributed by atoms with Crippen LogP contribution in [0.4, 0.5) is 10.5 Å². The quantitative estimate of drug-likeness (QED) is 0.0431. The van der Waals surface area contributed by atoms with Crippen LogP contribution in [0.5, 0.6) is 11.5 Å². The van der Waals surface area contributed by atoms with E-state index in [9.17, 15) is 4.79 Å². The number of hydrogen-bond donors (Lipinski definition) is 3. The molecule has 4 fully saturated rings. The van der Waals surface area contributed by atoms with Crippen molar-refractivity contribution in [2.45, 2.75) is 90.6 Å². The van der Waals surface area contributed by atoms with Crippen molar-refractivity contribution in [3.8, 4) is 11.5 Å². The number of amidine groups is 1. The number of nitrogens with one attached hydrogen (secondary N) is 2. The van der Waals surface area contributed by atoms with Crippen molar-refractivity contribution in [1.29, 1.82) is 5.41 Å². The molecule has 4 saturated heterocycles. The van der Waals surface area contributed by atoms with Crippen LogP contribution in [-0.2, 0) is 4.74 Å². The van der Waals surface area contributed by atoms with Crippen LogP contribution in [0.3, 0.4) is 0 Å². The van der Waals surface area contributed by atoms with Gasteiger partial charge in [-0.1, -0.05) is 37.8 Å². The van der Waals surface area contributed by atoms with Crippen LogP contribution in [-0.4, -0.2) is 209 Å². The Bertz CT molecular complexity index is 1710. The summed E-state index contributed by atoms with van der Waals surface area (Å²) in [7, 11) is 0. The molecule has 0 aromatic heterocycles. The van der Waals surface area contributed by atoms with Gasteiger partial charge in [-0.2, -0.15) is 0 Å². The predicted octanol–water partition coefficient (Wildman–Crippen LogP) is 6.56. The second kappa shape index (κ2) is 31.3. The first-order valence-electron chi connectivity index (χ1n) is 26.2. The van der Waals surface area contributed by atoms with Gasteiger partial charge >= 0.3 is 6.09 Å². The summed E-state index contributed by atoms with van der Waals surface area (Å²) in [6, 6.07) is 14.8. The highest BCUT2D eigenvalue weighted by atomic mass is 16.6. The van der Waals surface area contributed by atoms with E-state index in [2.05, 4.69) is 39.6 Å². The molecule has 380 valence electrons. The third kappa shape index (κ3) is 22.6. The van der Waals surface area contributed by atoms with Crippen LogP contribution >= 0.6 is 0 Å². The zero-order valence-corrected chi connectivity index (χ0v) is 42.4. The summed E-state index contributed by atoms with van der Waals surface area (Å²) < 4.78 is 17.1. The zero-order valence-electron chi connectivity index (χ0n) is 42.4. The second-order valence-electron chi connectivity index (χ2n) is 20.0. The van der Waals surface area contributed by atoms with Crippen molar-refractivity contribution in [2.24, 2.45) is 5.73 Å². The van der Waals surface area contributed by atoms with Crippen molar-refractivity contribution in [2.75, 3.05) is 157 Å². The number of hydrogen-bond acceptors (Lipinski definition) is 12. The van der Waals surface area contributed by atoms with Crippen LogP contribution in [0, 0.1) is 12.0 Å². The first-order valence-corrected chi connectivity index (χ1v) is 26.2. The van der Waals surface area contributed by atoms with E-state index in [-0.39, 0.29) is 11.9 Å². The Morgan fingerprint density at radius 3 is 1.28 bits per heavy atom. The Kier molecular flexibility index (Phi) is 25.3. The number of nitrogens with zero attached hydrogens (tertiary/aromatic N) is 8. The van der Waals surface area contributed by atoms with Gasteiger partial charge in [-0.15, -0.1) is 0 Å². The normalized spacial score (nSPS) is 18.4. The van der Waals surface area contributed by atoms with Crippen molar-refractivity contribution in [3.05, 3.63) is 65.5 Å². The van der Waals surface area contributed by atoms with E-state index in [1.807, 2.05) is 62.1 Å². The number of nitrogen functional groups attached to an aromatic ring is 1. The first-order chi connectivity index (χ1) is 33.0. The van der Waals surface area contributed by atoms with Crippen LogP contribution in [0.1, 0.15) is 90.5 Å². The summed E-state index contributed by atoms with van der Waals surface area (Å²) in [5.41, 5.74) is 6.44. The number of nitrogens with two attached hydrogens (primary N) is 1. The fourth-order valence-corrected chi connectivity index (χ4v) is 9.24. The third-order valence-corrected chi connectivity index (χ3v) is 13.5. The van der Waals surface area contributed by atoms with Crippen LogP contribution in [0.2, 0.25) is 0 Å². The molecule has 4 N–H and O–H groups in total. The number of benzene rings is 2. The number of rotatable bonds is 25. The maximum Gasteiger partial charge on any atom is 0.410 e. The molecule has 0 atom stereocenters. The number of carbonyl (C=O) groups is 1. The summed E-state index contributed by atoms with van der Waals surface area (Å²) in [5, 5.41) is 10.8. The summed E-state index contributed by atoms with van der Waals surface area (Å²) in [6.45, 7) is 38.9. The monoisotopic (exact) mass is 944 g/mol. The van der Waals surface area contributed by atoms with Crippen LogP contribution < -0.4 is 20.5 Å². The smallest absolute Gasteiger partial charge is 0.410 e. The van der Waals surface area contributed by atoms with E-state index in [1.165, 1.54) is 123 Å². The lowest BCUT2D eigenvalue weighted by molar-refractivity contribution is 0.0144. The largest absolute Gasteiger partial charge is 0.494 e. The molecular weight excluding hydrogens is 855 g/mol. The van der Waals surface area contributed by atoms with Crippen molar-refractivity contribution < 1.29 is 19.0 Å². The summed E-state index contributed by atoms with van der Waals surface area (Å²) in [5.74, 6) is 1.79. The molecule has 4 aliphatic heterocycles. The van der Waals surface area contributed by atoms with Gasteiger partial charge in [0.15, 0.2) is 5.69 Å². The summed E-state index contributed by atoms with van der Waals surface area (Å²) >= 11 is 0. The average Bonchev–Trinajstić information content (AvgIpc) is 3.35. The Morgan fingerprint density at radius 1 is 0.559 bits per heavy atom. The minimum atomic E-state index is -0.424.